The summed E-state index contributed by atoms with van der Waals surface area (Å²) in [6.45, 7) is 8.34. The fourth-order valence-corrected chi connectivity index (χ4v) is 3.43. The highest BCUT2D eigenvalue weighted by Gasteiger charge is 2.26. The molecule has 1 atom stereocenters. The van der Waals surface area contributed by atoms with E-state index >= 15 is 0 Å². The molecule has 1 aliphatic rings. The third-order valence-corrected chi connectivity index (χ3v) is 5.03. The van der Waals surface area contributed by atoms with Gasteiger partial charge in [0.1, 0.15) is 0 Å². The molecule has 1 amide bonds. The van der Waals surface area contributed by atoms with Gasteiger partial charge < -0.3 is 15.8 Å². The number of hydrogen-bond acceptors (Lipinski definition) is 4. The smallest absolute Gasteiger partial charge is 0.239 e. The van der Waals surface area contributed by atoms with E-state index in [1.54, 1.807) is 6.92 Å². The monoisotopic (exact) mass is 397 g/mol. The molecule has 1 fully saturated rings. The van der Waals surface area contributed by atoms with Crippen LogP contribution in [0.15, 0.2) is 30.3 Å². The van der Waals surface area contributed by atoms with E-state index < -0.39 is 5.54 Å². The van der Waals surface area contributed by atoms with E-state index in [4.69, 9.17) is 10.5 Å². The molecule has 27 heavy (non-hydrogen) atoms. The van der Waals surface area contributed by atoms with Crippen LogP contribution in [-0.4, -0.2) is 48.7 Å². The molecule has 1 unspecified atom stereocenters. The minimum Gasteiger partial charge on any atom is -0.378 e. The van der Waals surface area contributed by atoms with Crippen molar-refractivity contribution in [1.29, 1.82) is 0 Å². The van der Waals surface area contributed by atoms with E-state index in [1.165, 1.54) is 5.56 Å². The van der Waals surface area contributed by atoms with Crippen molar-refractivity contribution < 1.29 is 9.53 Å². The van der Waals surface area contributed by atoms with Gasteiger partial charge in [-0.25, -0.2) is 0 Å². The van der Waals surface area contributed by atoms with Crippen molar-refractivity contribution in [1.82, 2.24) is 10.2 Å². The highest BCUT2D eigenvalue weighted by atomic mass is 35.5. The van der Waals surface area contributed by atoms with Crippen molar-refractivity contribution in [2.75, 3.05) is 26.2 Å². The Hall–Kier alpha value is -1.14. The van der Waals surface area contributed by atoms with Crippen LogP contribution in [0.1, 0.15) is 51.5 Å². The van der Waals surface area contributed by atoms with Gasteiger partial charge >= 0.3 is 0 Å². The van der Waals surface area contributed by atoms with Gasteiger partial charge in [0.05, 0.1) is 11.6 Å². The maximum atomic E-state index is 12.0. The van der Waals surface area contributed by atoms with Gasteiger partial charge in [-0.1, -0.05) is 43.7 Å². The van der Waals surface area contributed by atoms with Gasteiger partial charge in [-0.05, 0) is 38.2 Å². The van der Waals surface area contributed by atoms with E-state index in [9.17, 15) is 4.79 Å². The van der Waals surface area contributed by atoms with Crippen LogP contribution >= 0.6 is 12.4 Å². The largest absolute Gasteiger partial charge is 0.378 e. The lowest BCUT2D eigenvalue weighted by Crippen LogP contribution is -2.51. The van der Waals surface area contributed by atoms with Gasteiger partial charge in [-0.15, -0.1) is 12.4 Å². The average Bonchev–Trinajstić information content (AvgIpc) is 2.63. The average molecular weight is 398 g/mol. The first-order chi connectivity index (χ1) is 12.5. The van der Waals surface area contributed by atoms with Gasteiger partial charge in [0.2, 0.25) is 5.91 Å². The summed E-state index contributed by atoms with van der Waals surface area (Å²) in [6, 6.07) is 10.6. The zero-order chi connectivity index (χ0) is 18.8. The highest BCUT2D eigenvalue weighted by molar-refractivity contribution is 5.85. The molecule has 0 bridgehead atoms. The first-order valence-corrected chi connectivity index (χ1v) is 9.96. The number of nitrogens with zero attached hydrogens (tertiary/aromatic N) is 1. The molecule has 0 saturated carbocycles. The maximum absolute atomic E-state index is 12.0. The summed E-state index contributed by atoms with van der Waals surface area (Å²) in [5, 5.41) is 2.93. The lowest BCUT2D eigenvalue weighted by molar-refractivity contribution is -0.126. The van der Waals surface area contributed by atoms with Crippen LogP contribution in [0.4, 0.5) is 0 Å². The summed E-state index contributed by atoms with van der Waals surface area (Å²) >= 11 is 0. The fourth-order valence-electron chi connectivity index (χ4n) is 3.43. The highest BCUT2D eigenvalue weighted by Crippen LogP contribution is 2.16. The Balaban J connectivity index is 0.00000364. The van der Waals surface area contributed by atoms with Crippen LogP contribution in [0.25, 0.3) is 0 Å². The summed E-state index contributed by atoms with van der Waals surface area (Å²) in [4.78, 5) is 14.5. The van der Waals surface area contributed by atoms with Crippen LogP contribution in [-0.2, 0) is 16.1 Å². The van der Waals surface area contributed by atoms with Crippen molar-refractivity contribution in [3.63, 3.8) is 0 Å². The number of piperidine rings is 1. The number of halogens is 1. The van der Waals surface area contributed by atoms with Crippen molar-refractivity contribution in [3.05, 3.63) is 35.9 Å². The number of amides is 1. The molecule has 0 aromatic heterocycles. The summed E-state index contributed by atoms with van der Waals surface area (Å²) in [7, 11) is 0. The molecule has 1 aliphatic heterocycles. The molecular formula is C21H36ClN3O2. The Labute approximate surface area is 170 Å². The number of nitrogens with one attached hydrogen (secondary N) is 1. The van der Waals surface area contributed by atoms with E-state index in [0.29, 0.717) is 25.7 Å². The van der Waals surface area contributed by atoms with Crippen LogP contribution in [0.3, 0.4) is 0 Å². The second-order valence-electron chi connectivity index (χ2n) is 7.61. The first kappa shape index (κ1) is 23.9. The number of ether oxygens (including phenoxy) is 1. The molecule has 2 rings (SSSR count). The summed E-state index contributed by atoms with van der Waals surface area (Å²) < 4.78 is 5.99. The minimum atomic E-state index is -0.763. The molecule has 0 aliphatic carbocycles. The van der Waals surface area contributed by atoms with Crippen molar-refractivity contribution in [2.45, 2.75) is 64.1 Å². The number of nitrogens with two attached hydrogens (primary N) is 1. The van der Waals surface area contributed by atoms with Crippen molar-refractivity contribution >= 4 is 18.3 Å². The number of rotatable bonds is 10. The number of carbonyl (C=O) groups excluding carboxylic acids is 1. The molecule has 3 N–H and O–H groups in total. The number of benzene rings is 1. The molecule has 1 saturated heterocycles. The third-order valence-electron chi connectivity index (χ3n) is 5.03. The zero-order valence-electron chi connectivity index (χ0n) is 16.8. The molecule has 0 spiro atoms. The lowest BCUT2D eigenvalue weighted by atomic mass is 9.96. The molecule has 5 nitrogen and oxygen atoms in total. The van der Waals surface area contributed by atoms with E-state index in [1.807, 2.05) is 6.92 Å². The Morgan fingerprint density at radius 1 is 1.30 bits per heavy atom. The van der Waals surface area contributed by atoms with Crippen LogP contribution in [0.5, 0.6) is 0 Å². The predicted octanol–water partition coefficient (Wildman–Crippen LogP) is 3.11. The predicted molar refractivity (Wildman–Crippen MR) is 113 cm³/mol. The topological polar surface area (TPSA) is 67.6 Å². The Kier molecular flexibility index (Phi) is 10.9. The Morgan fingerprint density at radius 3 is 2.59 bits per heavy atom. The third kappa shape index (κ3) is 8.60. The normalized spacial score (nSPS) is 17.7. The van der Waals surface area contributed by atoms with Gasteiger partial charge in [-0.2, -0.15) is 0 Å². The molecule has 1 heterocycles. The maximum Gasteiger partial charge on any atom is 0.239 e. The van der Waals surface area contributed by atoms with Crippen LogP contribution in [0.2, 0.25) is 0 Å². The van der Waals surface area contributed by atoms with E-state index in [0.717, 1.165) is 45.3 Å². The number of carbonyl (C=O) groups is 1. The van der Waals surface area contributed by atoms with E-state index in [2.05, 4.69) is 40.5 Å². The summed E-state index contributed by atoms with van der Waals surface area (Å²) in [5.41, 5.74) is 6.63. The standard InChI is InChI=1S/C21H35N3O2.ClH/c1-3-12-21(2,22)20(25)23-13-7-16-26-19-10-14-24(15-11-19)17-18-8-5-4-6-9-18;/h4-6,8-9,19H,3,7,10-17,22H2,1-2H3,(H,23,25);1H. The first-order valence-electron chi connectivity index (χ1n) is 9.96. The van der Waals surface area contributed by atoms with Gasteiger partial charge in [0, 0.05) is 32.8 Å². The fraction of sp³-hybridized carbons (Fsp3) is 0.667. The lowest BCUT2D eigenvalue weighted by Gasteiger charge is -2.32. The molecule has 154 valence electrons. The molecule has 6 heteroatoms. The quantitative estimate of drug-likeness (QED) is 0.595. The van der Waals surface area contributed by atoms with Gasteiger partial charge in [0.25, 0.3) is 0 Å². The summed E-state index contributed by atoms with van der Waals surface area (Å²) in [6.07, 6.45) is 4.95. The number of likely N-dealkylation sites (tertiary alicyclic amines) is 1. The zero-order valence-corrected chi connectivity index (χ0v) is 17.6. The van der Waals surface area contributed by atoms with Gasteiger partial charge in [0.15, 0.2) is 0 Å². The van der Waals surface area contributed by atoms with Crippen LogP contribution < -0.4 is 11.1 Å². The summed E-state index contributed by atoms with van der Waals surface area (Å²) in [5.74, 6) is -0.0615. The van der Waals surface area contributed by atoms with E-state index in [-0.39, 0.29) is 18.3 Å². The molecular weight excluding hydrogens is 362 g/mol. The second-order valence-corrected chi connectivity index (χ2v) is 7.61. The van der Waals surface area contributed by atoms with Crippen LogP contribution in [0, 0.1) is 0 Å². The minimum absolute atomic E-state index is 0. The molecule has 1 aromatic carbocycles. The Bertz CT molecular complexity index is 531. The molecule has 0 radical (unpaired) electrons. The second kappa shape index (κ2) is 12.3. The number of hydrogen-bond donors (Lipinski definition) is 2. The Morgan fingerprint density at radius 2 is 1.96 bits per heavy atom. The van der Waals surface area contributed by atoms with Crippen molar-refractivity contribution in [2.24, 2.45) is 5.73 Å². The van der Waals surface area contributed by atoms with Crippen molar-refractivity contribution in [3.8, 4) is 0 Å². The molecule has 1 aromatic rings. The SMILES string of the molecule is CCCC(C)(N)C(=O)NCCCOC1CCN(Cc2ccccc2)CC1.Cl. The van der Waals surface area contributed by atoms with Gasteiger partial charge in [-0.3, -0.25) is 9.69 Å².